The summed E-state index contributed by atoms with van der Waals surface area (Å²) in [5.41, 5.74) is 8.25. The smallest absolute Gasteiger partial charge is 0.231 e. The molecule has 1 aromatic heterocycles. The zero-order valence-electron chi connectivity index (χ0n) is 9.40. The van der Waals surface area contributed by atoms with Gasteiger partial charge in [-0.2, -0.15) is 0 Å². The van der Waals surface area contributed by atoms with Gasteiger partial charge in [-0.15, -0.1) is 0 Å². The Bertz CT molecular complexity index is 563. The third-order valence-electron chi connectivity index (χ3n) is 2.85. The van der Waals surface area contributed by atoms with Crippen LogP contribution in [0.1, 0.15) is 11.3 Å². The Labute approximate surface area is 98.1 Å². The van der Waals surface area contributed by atoms with E-state index < -0.39 is 0 Å². The largest absolute Gasteiger partial charge is 0.454 e. The molecular formula is C12H12N2O3. The number of fused-ring (bicyclic) bond motifs is 1. The van der Waals surface area contributed by atoms with Gasteiger partial charge >= 0.3 is 0 Å². The highest BCUT2D eigenvalue weighted by Crippen LogP contribution is 2.36. The molecule has 0 spiro atoms. The maximum Gasteiger partial charge on any atom is 0.231 e. The number of aromatic nitrogens is 1. The van der Waals surface area contributed by atoms with Gasteiger partial charge in [-0.1, -0.05) is 5.16 Å². The third kappa shape index (κ3) is 1.55. The molecule has 0 atom stereocenters. The molecule has 0 saturated heterocycles. The van der Waals surface area contributed by atoms with Crippen molar-refractivity contribution < 1.29 is 14.0 Å². The zero-order valence-corrected chi connectivity index (χ0v) is 9.40. The van der Waals surface area contributed by atoms with Gasteiger partial charge in [0.25, 0.3) is 0 Å². The monoisotopic (exact) mass is 232 g/mol. The van der Waals surface area contributed by atoms with Gasteiger partial charge in [0.2, 0.25) is 6.79 Å². The molecule has 3 rings (SSSR count). The average molecular weight is 232 g/mol. The van der Waals surface area contributed by atoms with E-state index in [1.807, 2.05) is 25.1 Å². The molecule has 17 heavy (non-hydrogen) atoms. The first-order valence-corrected chi connectivity index (χ1v) is 5.35. The molecular weight excluding hydrogens is 220 g/mol. The Balaban J connectivity index is 2.06. The lowest BCUT2D eigenvalue weighted by molar-refractivity contribution is 0.174. The summed E-state index contributed by atoms with van der Waals surface area (Å²) < 4.78 is 15.8. The predicted octanol–water partition coefficient (Wildman–Crippen LogP) is 1.84. The second kappa shape index (κ2) is 3.78. The van der Waals surface area contributed by atoms with Crippen molar-refractivity contribution in [3.05, 3.63) is 29.5 Å². The van der Waals surface area contributed by atoms with E-state index in [1.165, 1.54) is 0 Å². The number of rotatable bonds is 2. The normalized spacial score (nSPS) is 13.1. The molecule has 0 saturated carbocycles. The SMILES string of the molecule is Cc1c(-c2ccc3c(c2)OCO3)noc1CN. The molecule has 1 aliphatic rings. The third-order valence-corrected chi connectivity index (χ3v) is 2.85. The highest BCUT2D eigenvalue weighted by Gasteiger charge is 2.17. The van der Waals surface area contributed by atoms with Crippen LogP contribution < -0.4 is 15.2 Å². The van der Waals surface area contributed by atoms with Crippen LogP contribution in [-0.4, -0.2) is 11.9 Å². The van der Waals surface area contributed by atoms with Gasteiger partial charge in [-0.3, -0.25) is 0 Å². The summed E-state index contributed by atoms with van der Waals surface area (Å²) in [5, 5.41) is 4.03. The number of ether oxygens (including phenoxy) is 2. The zero-order chi connectivity index (χ0) is 11.8. The van der Waals surface area contributed by atoms with Crippen LogP contribution in [0.15, 0.2) is 22.7 Å². The maximum absolute atomic E-state index is 5.55. The quantitative estimate of drug-likeness (QED) is 0.855. The van der Waals surface area contributed by atoms with Gasteiger partial charge in [0.05, 0.1) is 6.54 Å². The minimum Gasteiger partial charge on any atom is -0.454 e. The van der Waals surface area contributed by atoms with E-state index in [-0.39, 0.29) is 6.79 Å². The van der Waals surface area contributed by atoms with Crippen molar-refractivity contribution in [2.45, 2.75) is 13.5 Å². The summed E-state index contributed by atoms with van der Waals surface area (Å²) in [6.45, 7) is 2.56. The Morgan fingerprint density at radius 1 is 1.29 bits per heavy atom. The average Bonchev–Trinajstić information content (AvgIpc) is 2.94. The van der Waals surface area contributed by atoms with Crippen LogP contribution in [0.4, 0.5) is 0 Å². The summed E-state index contributed by atoms with van der Waals surface area (Å²) >= 11 is 0. The standard InChI is InChI=1S/C12H12N2O3/c1-7-11(5-13)17-14-12(7)8-2-3-9-10(4-8)16-6-15-9/h2-4H,5-6,13H2,1H3. The molecule has 1 aliphatic heterocycles. The number of nitrogens with zero attached hydrogens (tertiary/aromatic N) is 1. The lowest BCUT2D eigenvalue weighted by atomic mass is 10.1. The molecule has 0 unspecified atom stereocenters. The number of hydrogen-bond acceptors (Lipinski definition) is 5. The maximum atomic E-state index is 5.55. The van der Waals surface area contributed by atoms with E-state index >= 15 is 0 Å². The van der Waals surface area contributed by atoms with Crippen LogP contribution in [0.5, 0.6) is 11.5 Å². The lowest BCUT2D eigenvalue weighted by Crippen LogP contribution is -1.95. The summed E-state index contributed by atoms with van der Waals surface area (Å²) in [7, 11) is 0. The Morgan fingerprint density at radius 3 is 2.88 bits per heavy atom. The molecule has 0 amide bonds. The number of hydrogen-bond donors (Lipinski definition) is 1. The number of nitrogens with two attached hydrogens (primary N) is 1. The Hall–Kier alpha value is -2.01. The second-order valence-corrected chi connectivity index (χ2v) is 3.85. The highest BCUT2D eigenvalue weighted by molar-refractivity contribution is 5.67. The molecule has 1 aromatic carbocycles. The van der Waals surface area contributed by atoms with Crippen molar-refractivity contribution in [1.29, 1.82) is 0 Å². The van der Waals surface area contributed by atoms with Gasteiger partial charge < -0.3 is 19.7 Å². The molecule has 2 N–H and O–H groups in total. The minimum absolute atomic E-state index is 0.268. The van der Waals surface area contributed by atoms with Crippen molar-refractivity contribution >= 4 is 0 Å². The van der Waals surface area contributed by atoms with Gasteiger partial charge in [-0.05, 0) is 25.1 Å². The van der Waals surface area contributed by atoms with E-state index in [9.17, 15) is 0 Å². The van der Waals surface area contributed by atoms with E-state index in [1.54, 1.807) is 0 Å². The fourth-order valence-electron chi connectivity index (χ4n) is 1.87. The molecule has 5 nitrogen and oxygen atoms in total. The van der Waals surface area contributed by atoms with Crippen molar-refractivity contribution in [2.75, 3.05) is 6.79 Å². The molecule has 2 aromatic rings. The van der Waals surface area contributed by atoms with Gasteiger partial charge in [-0.25, -0.2) is 0 Å². The van der Waals surface area contributed by atoms with Crippen LogP contribution >= 0.6 is 0 Å². The van der Waals surface area contributed by atoms with Gasteiger partial charge in [0.1, 0.15) is 5.69 Å². The topological polar surface area (TPSA) is 70.5 Å². The summed E-state index contributed by atoms with van der Waals surface area (Å²) in [6, 6.07) is 5.69. The molecule has 0 aliphatic carbocycles. The lowest BCUT2D eigenvalue weighted by Gasteiger charge is -2.00. The summed E-state index contributed by atoms with van der Waals surface area (Å²) in [4.78, 5) is 0. The van der Waals surface area contributed by atoms with Crippen LogP contribution in [0.3, 0.4) is 0 Å². The van der Waals surface area contributed by atoms with Crippen LogP contribution in [0.2, 0.25) is 0 Å². The molecule has 0 radical (unpaired) electrons. The van der Waals surface area contributed by atoms with E-state index in [4.69, 9.17) is 19.7 Å². The Morgan fingerprint density at radius 2 is 2.12 bits per heavy atom. The molecule has 88 valence electrons. The summed E-state index contributed by atoms with van der Waals surface area (Å²) in [5.74, 6) is 2.20. The van der Waals surface area contributed by atoms with Crippen molar-refractivity contribution in [3.8, 4) is 22.8 Å². The Kier molecular flexibility index (Phi) is 2.26. The first-order chi connectivity index (χ1) is 8.29. The van der Waals surface area contributed by atoms with E-state index in [0.29, 0.717) is 12.3 Å². The molecule has 0 bridgehead atoms. The second-order valence-electron chi connectivity index (χ2n) is 3.85. The van der Waals surface area contributed by atoms with Crippen LogP contribution in [0.25, 0.3) is 11.3 Å². The van der Waals surface area contributed by atoms with E-state index in [0.717, 1.165) is 28.3 Å². The summed E-state index contributed by atoms with van der Waals surface area (Å²) in [6.07, 6.45) is 0. The first kappa shape index (κ1) is 10.2. The minimum atomic E-state index is 0.268. The fraction of sp³-hybridized carbons (Fsp3) is 0.250. The fourth-order valence-corrected chi connectivity index (χ4v) is 1.87. The van der Waals surface area contributed by atoms with Gasteiger partial charge in [0.15, 0.2) is 17.3 Å². The van der Waals surface area contributed by atoms with E-state index in [2.05, 4.69) is 5.16 Å². The van der Waals surface area contributed by atoms with Gasteiger partial charge in [0, 0.05) is 11.1 Å². The molecule has 5 heteroatoms. The van der Waals surface area contributed by atoms with Crippen molar-refractivity contribution in [3.63, 3.8) is 0 Å². The van der Waals surface area contributed by atoms with Crippen molar-refractivity contribution in [2.24, 2.45) is 5.73 Å². The number of benzene rings is 1. The van der Waals surface area contributed by atoms with Crippen LogP contribution in [0, 0.1) is 6.92 Å². The predicted molar refractivity (Wildman–Crippen MR) is 60.7 cm³/mol. The highest BCUT2D eigenvalue weighted by atomic mass is 16.7. The van der Waals surface area contributed by atoms with Crippen LogP contribution in [-0.2, 0) is 6.54 Å². The molecule has 0 fully saturated rings. The first-order valence-electron chi connectivity index (χ1n) is 5.35. The van der Waals surface area contributed by atoms with Crippen molar-refractivity contribution in [1.82, 2.24) is 5.16 Å². The molecule has 2 heterocycles.